The van der Waals surface area contributed by atoms with Crippen LogP contribution in [0.25, 0.3) is 0 Å². The number of ether oxygens (including phenoxy) is 2. The van der Waals surface area contributed by atoms with Crippen molar-refractivity contribution < 1.29 is 81.3 Å². The van der Waals surface area contributed by atoms with Gasteiger partial charge in [0.05, 0.1) is 27.9 Å². The first-order valence-electron chi connectivity index (χ1n) is 18.9. The van der Waals surface area contributed by atoms with Crippen LogP contribution in [-0.2, 0) is 10.8 Å². The van der Waals surface area contributed by atoms with E-state index < -0.39 is 104 Å². The van der Waals surface area contributed by atoms with Gasteiger partial charge in [-0.25, -0.2) is 4.90 Å². The molecule has 2 aliphatic rings. The van der Waals surface area contributed by atoms with E-state index in [0.29, 0.717) is 53.4 Å². The van der Waals surface area contributed by atoms with Crippen LogP contribution >= 0.6 is 0 Å². The molecule has 0 saturated carbocycles. The minimum absolute atomic E-state index is 0.140. The Labute approximate surface area is 363 Å². The number of imide groups is 2. The first kappa shape index (κ1) is 44.9. The SMILES string of the molecule is O=C1NC(=O)c2cc(C(c3ccc4c(c3)C(=O)N(c3ccc(Oc5ccc(C(c6cccc(Oc7ccccc7)c6)(C(F)(F)F)C(F)(F)F)cc5)cc3)C4=O)(C(F)(F)F)C(F)(F)F)ccc21. The number of para-hydroxylation sites is 1. The van der Waals surface area contributed by atoms with E-state index >= 15 is 0 Å². The first-order valence-corrected chi connectivity index (χ1v) is 18.9. The normalized spacial score (nSPS) is 14.6. The van der Waals surface area contributed by atoms with E-state index in [0.717, 1.165) is 42.5 Å². The molecule has 8 nitrogen and oxygen atoms in total. The van der Waals surface area contributed by atoms with E-state index in [-0.39, 0.29) is 40.8 Å². The zero-order valence-electron chi connectivity index (χ0n) is 32.7. The van der Waals surface area contributed by atoms with Gasteiger partial charge in [0.1, 0.15) is 23.0 Å². The van der Waals surface area contributed by atoms with Crippen molar-refractivity contribution in [3.63, 3.8) is 0 Å². The molecule has 20 heteroatoms. The highest BCUT2D eigenvalue weighted by Gasteiger charge is 2.74. The molecule has 4 amide bonds. The largest absolute Gasteiger partial charge is 0.457 e. The smallest absolute Gasteiger partial charge is 0.411 e. The summed E-state index contributed by atoms with van der Waals surface area (Å²) in [6.45, 7) is 0. The van der Waals surface area contributed by atoms with Crippen molar-refractivity contribution in [1.82, 2.24) is 5.32 Å². The van der Waals surface area contributed by atoms with Crippen molar-refractivity contribution in [2.45, 2.75) is 35.5 Å². The van der Waals surface area contributed by atoms with Gasteiger partial charge in [-0.15, -0.1) is 0 Å². The van der Waals surface area contributed by atoms with Crippen molar-refractivity contribution in [3.05, 3.63) is 184 Å². The van der Waals surface area contributed by atoms with Gasteiger partial charge >= 0.3 is 24.7 Å². The zero-order valence-corrected chi connectivity index (χ0v) is 32.7. The Bertz CT molecular complexity index is 2900. The summed E-state index contributed by atoms with van der Waals surface area (Å²) in [6.07, 6.45) is -24.2. The van der Waals surface area contributed by atoms with Gasteiger partial charge in [0.25, 0.3) is 23.6 Å². The lowest BCUT2D eigenvalue weighted by Gasteiger charge is -2.38. The number of nitrogens with one attached hydrogen (secondary N) is 1. The lowest BCUT2D eigenvalue weighted by molar-refractivity contribution is -0.290. The highest BCUT2D eigenvalue weighted by atomic mass is 19.4. The molecule has 0 unspecified atom stereocenters. The maximum Gasteiger partial charge on any atom is 0.411 e. The summed E-state index contributed by atoms with van der Waals surface area (Å²) in [5.41, 5.74) is -17.8. The summed E-state index contributed by atoms with van der Waals surface area (Å²) in [7, 11) is 0. The van der Waals surface area contributed by atoms with E-state index in [1.165, 1.54) is 18.2 Å². The quantitative estimate of drug-likeness (QED) is 0.114. The van der Waals surface area contributed by atoms with Crippen molar-refractivity contribution in [1.29, 1.82) is 0 Å². The number of fused-ring (bicyclic) bond motifs is 2. The summed E-state index contributed by atoms with van der Waals surface area (Å²) in [6, 6.07) is 20.8. The number of alkyl halides is 12. The van der Waals surface area contributed by atoms with E-state index in [4.69, 9.17) is 9.47 Å². The monoisotopic (exact) mass is 928 g/mol. The Kier molecular flexibility index (Phi) is 10.6. The molecule has 2 aliphatic heterocycles. The fraction of sp³-hybridized carbons (Fsp3) is 0.130. The van der Waals surface area contributed by atoms with Crippen molar-refractivity contribution in [3.8, 4) is 23.0 Å². The van der Waals surface area contributed by atoms with Crippen LogP contribution in [0.4, 0.5) is 58.4 Å². The lowest BCUT2D eigenvalue weighted by Crippen LogP contribution is -2.55. The average Bonchev–Trinajstić information content (AvgIpc) is 3.66. The summed E-state index contributed by atoms with van der Waals surface area (Å²) in [4.78, 5) is 51.8. The highest BCUT2D eigenvalue weighted by Crippen LogP contribution is 2.58. The highest BCUT2D eigenvalue weighted by molar-refractivity contribution is 6.34. The Morgan fingerprint density at radius 3 is 1.33 bits per heavy atom. The molecule has 1 N–H and O–H groups in total. The zero-order chi connectivity index (χ0) is 47.8. The topological polar surface area (TPSA) is 102 Å². The van der Waals surface area contributed by atoms with Gasteiger partial charge < -0.3 is 9.47 Å². The lowest BCUT2D eigenvalue weighted by atomic mass is 9.71. The van der Waals surface area contributed by atoms with Crippen LogP contribution in [-0.4, -0.2) is 48.3 Å². The molecule has 6 aromatic carbocycles. The number of halogens is 12. The molecule has 0 aromatic heterocycles. The molecule has 0 radical (unpaired) electrons. The van der Waals surface area contributed by atoms with Gasteiger partial charge in [-0.2, -0.15) is 52.7 Å². The van der Waals surface area contributed by atoms with E-state index in [2.05, 4.69) is 0 Å². The summed E-state index contributed by atoms with van der Waals surface area (Å²) in [5, 5.41) is 1.78. The summed E-state index contributed by atoms with van der Waals surface area (Å²) in [5.74, 6) is -5.34. The number of carbonyl (C=O) groups is 4. The van der Waals surface area contributed by atoms with Gasteiger partial charge in [0, 0.05) is 0 Å². The molecule has 0 aliphatic carbocycles. The number of anilines is 1. The fourth-order valence-electron chi connectivity index (χ4n) is 8.06. The van der Waals surface area contributed by atoms with E-state index in [9.17, 15) is 71.9 Å². The second-order valence-electron chi connectivity index (χ2n) is 14.8. The van der Waals surface area contributed by atoms with Crippen molar-refractivity contribution in [2.24, 2.45) is 0 Å². The fourth-order valence-corrected chi connectivity index (χ4v) is 8.06. The van der Waals surface area contributed by atoms with E-state index in [1.807, 2.05) is 0 Å². The predicted octanol–water partition coefficient (Wildman–Crippen LogP) is 11.8. The Balaban J connectivity index is 1.07. The first-order chi connectivity index (χ1) is 30.9. The average molecular weight is 929 g/mol. The van der Waals surface area contributed by atoms with Gasteiger partial charge in [-0.1, -0.05) is 54.6 Å². The van der Waals surface area contributed by atoms with Crippen LogP contribution in [0, 0.1) is 0 Å². The molecule has 0 fully saturated rings. The third kappa shape index (κ3) is 7.06. The van der Waals surface area contributed by atoms with Crippen LogP contribution < -0.4 is 19.7 Å². The van der Waals surface area contributed by atoms with Gasteiger partial charge in [-0.3, -0.25) is 24.5 Å². The Morgan fingerprint density at radius 1 is 0.364 bits per heavy atom. The molecule has 8 rings (SSSR count). The van der Waals surface area contributed by atoms with Crippen LogP contribution in [0.5, 0.6) is 23.0 Å². The van der Waals surface area contributed by atoms with Crippen LogP contribution in [0.1, 0.15) is 63.7 Å². The summed E-state index contributed by atoms with van der Waals surface area (Å²) < 4.78 is 190. The molecule has 0 saturated heterocycles. The van der Waals surface area contributed by atoms with Crippen LogP contribution in [0.3, 0.4) is 0 Å². The molecule has 66 heavy (non-hydrogen) atoms. The Hall–Kier alpha value is -7.64. The number of rotatable bonds is 9. The number of nitrogens with zero attached hydrogens (tertiary/aromatic N) is 1. The molecular formula is C46H24F12N2O6. The van der Waals surface area contributed by atoms with E-state index in [1.54, 1.807) is 23.5 Å². The van der Waals surface area contributed by atoms with Gasteiger partial charge in [0.15, 0.2) is 0 Å². The number of benzene rings is 6. The number of carbonyl (C=O) groups excluding carboxylic acids is 4. The maximum atomic E-state index is 15.0. The molecule has 6 aromatic rings. The Morgan fingerprint density at radius 2 is 0.773 bits per heavy atom. The number of hydrogen-bond donors (Lipinski definition) is 1. The van der Waals surface area contributed by atoms with Crippen LogP contribution in [0.15, 0.2) is 140 Å². The number of hydrogen-bond acceptors (Lipinski definition) is 6. The molecule has 338 valence electrons. The van der Waals surface area contributed by atoms with Gasteiger partial charge in [0.2, 0.25) is 10.8 Å². The third-order valence-electron chi connectivity index (χ3n) is 11.1. The molecule has 0 spiro atoms. The molecule has 0 atom stereocenters. The van der Waals surface area contributed by atoms with Crippen molar-refractivity contribution in [2.75, 3.05) is 4.90 Å². The van der Waals surface area contributed by atoms with Crippen LogP contribution in [0.2, 0.25) is 0 Å². The minimum atomic E-state index is -6.18. The predicted molar refractivity (Wildman–Crippen MR) is 208 cm³/mol. The second-order valence-corrected chi connectivity index (χ2v) is 14.8. The summed E-state index contributed by atoms with van der Waals surface area (Å²) >= 11 is 0. The number of amides is 4. The second kappa shape index (κ2) is 15.5. The molecule has 0 bridgehead atoms. The van der Waals surface area contributed by atoms with Crippen molar-refractivity contribution >= 4 is 29.3 Å². The molecule has 2 heterocycles. The minimum Gasteiger partial charge on any atom is -0.457 e. The van der Waals surface area contributed by atoms with Gasteiger partial charge in [-0.05, 0) is 107 Å². The molecular weight excluding hydrogens is 904 g/mol. The standard InChI is InChI=1S/C46H24F12N2O6/c47-43(48,49)41(44(50,51)52,25-5-4-8-32(21-25)66-29-6-2-1-3-7-29)24-9-15-30(16-10-24)65-31-17-13-28(14-18-31)60-39(63)34-20-12-27(23-36(34)40(60)64)42(45(53,54)55,46(56,57)58)26-11-19-33-35(22-26)38(62)59-37(33)61/h1-23H,(H,59,61,62). The maximum absolute atomic E-state index is 15.0. The third-order valence-corrected chi connectivity index (χ3v) is 11.1.